The van der Waals surface area contributed by atoms with Gasteiger partial charge in [-0.25, -0.2) is 4.39 Å². The molecular formula is C22H26FN5O2. The van der Waals surface area contributed by atoms with Gasteiger partial charge in [0.25, 0.3) is 0 Å². The van der Waals surface area contributed by atoms with E-state index in [1.807, 2.05) is 18.7 Å². The van der Waals surface area contributed by atoms with Gasteiger partial charge in [0, 0.05) is 31.6 Å². The van der Waals surface area contributed by atoms with Crippen molar-refractivity contribution >= 4 is 5.91 Å². The summed E-state index contributed by atoms with van der Waals surface area (Å²) < 4.78 is 19.3. The largest absolute Gasteiger partial charge is 0.342 e. The van der Waals surface area contributed by atoms with Crippen LogP contribution in [0.25, 0.3) is 11.4 Å². The number of halogens is 1. The molecule has 3 heterocycles. The van der Waals surface area contributed by atoms with E-state index >= 15 is 0 Å². The molecule has 30 heavy (non-hydrogen) atoms. The van der Waals surface area contributed by atoms with Crippen LogP contribution in [0.5, 0.6) is 0 Å². The van der Waals surface area contributed by atoms with Crippen LogP contribution in [0.4, 0.5) is 4.39 Å². The molecule has 1 fully saturated rings. The van der Waals surface area contributed by atoms with E-state index in [9.17, 15) is 9.18 Å². The predicted molar refractivity (Wildman–Crippen MR) is 109 cm³/mol. The van der Waals surface area contributed by atoms with Crippen molar-refractivity contribution in [1.82, 2.24) is 25.2 Å². The van der Waals surface area contributed by atoms with Crippen LogP contribution in [-0.4, -0.2) is 44.2 Å². The van der Waals surface area contributed by atoms with Crippen molar-refractivity contribution in [1.29, 1.82) is 0 Å². The van der Waals surface area contributed by atoms with Gasteiger partial charge in [-0.3, -0.25) is 9.89 Å². The van der Waals surface area contributed by atoms with Gasteiger partial charge >= 0.3 is 0 Å². The Morgan fingerprint density at radius 2 is 2.17 bits per heavy atom. The zero-order chi connectivity index (χ0) is 21.1. The summed E-state index contributed by atoms with van der Waals surface area (Å²) in [5.41, 5.74) is 3.44. The fraction of sp³-hybridized carbons (Fsp3) is 0.455. The van der Waals surface area contributed by atoms with Gasteiger partial charge < -0.3 is 9.42 Å². The molecule has 1 aliphatic heterocycles. The molecule has 0 radical (unpaired) electrons. The van der Waals surface area contributed by atoms with E-state index in [1.165, 1.54) is 6.07 Å². The number of amides is 1. The molecule has 1 N–H and O–H groups in total. The Labute approximate surface area is 174 Å². The molecule has 1 atom stereocenters. The Kier molecular flexibility index (Phi) is 5.92. The third-order valence-electron chi connectivity index (χ3n) is 5.79. The molecule has 1 unspecified atom stereocenters. The van der Waals surface area contributed by atoms with Gasteiger partial charge in [-0.15, -0.1) is 0 Å². The third-order valence-corrected chi connectivity index (χ3v) is 5.79. The smallest absolute Gasteiger partial charge is 0.227 e. The molecule has 158 valence electrons. The fourth-order valence-corrected chi connectivity index (χ4v) is 4.13. The number of carbonyl (C=O) groups excluding carboxylic acids is 1. The first-order valence-corrected chi connectivity index (χ1v) is 10.4. The third kappa shape index (κ3) is 4.42. The quantitative estimate of drug-likeness (QED) is 0.669. The number of aromatic amines is 1. The number of H-pyrrole nitrogens is 1. The normalized spacial score (nSPS) is 16.8. The van der Waals surface area contributed by atoms with Gasteiger partial charge in [0.2, 0.25) is 17.6 Å². The second kappa shape index (κ2) is 8.77. The molecule has 2 aromatic heterocycles. The van der Waals surface area contributed by atoms with Gasteiger partial charge in [-0.1, -0.05) is 17.3 Å². The van der Waals surface area contributed by atoms with E-state index in [-0.39, 0.29) is 23.5 Å². The van der Waals surface area contributed by atoms with E-state index in [0.717, 1.165) is 36.3 Å². The number of rotatable bonds is 6. The number of benzene rings is 1. The molecule has 3 aromatic rings. The first-order valence-electron chi connectivity index (χ1n) is 10.4. The Balaban J connectivity index is 1.34. The molecular weight excluding hydrogens is 385 g/mol. The maximum absolute atomic E-state index is 13.9. The highest BCUT2D eigenvalue weighted by atomic mass is 19.1. The number of aromatic nitrogens is 4. The van der Waals surface area contributed by atoms with Crippen LogP contribution in [0, 0.1) is 25.6 Å². The molecule has 0 spiro atoms. The van der Waals surface area contributed by atoms with Crippen molar-refractivity contribution in [3.8, 4) is 11.4 Å². The zero-order valence-corrected chi connectivity index (χ0v) is 17.3. The summed E-state index contributed by atoms with van der Waals surface area (Å²) in [6.45, 7) is 5.40. The van der Waals surface area contributed by atoms with Crippen LogP contribution in [0.3, 0.4) is 0 Å². The summed E-state index contributed by atoms with van der Waals surface area (Å²) in [6.07, 6.45) is 3.72. The number of piperidine rings is 1. The molecule has 8 heteroatoms. The number of hydrogen-bond acceptors (Lipinski definition) is 5. The van der Waals surface area contributed by atoms with Gasteiger partial charge in [0.05, 0.1) is 11.3 Å². The lowest BCUT2D eigenvalue weighted by molar-refractivity contribution is -0.133. The van der Waals surface area contributed by atoms with E-state index in [4.69, 9.17) is 4.52 Å². The number of likely N-dealkylation sites (tertiary alicyclic amines) is 1. The van der Waals surface area contributed by atoms with E-state index < -0.39 is 0 Å². The highest BCUT2D eigenvalue weighted by Gasteiger charge is 2.26. The zero-order valence-electron chi connectivity index (χ0n) is 17.3. The number of nitrogens with one attached hydrogen (secondary N) is 1. The summed E-state index contributed by atoms with van der Waals surface area (Å²) in [6, 6.07) is 6.38. The summed E-state index contributed by atoms with van der Waals surface area (Å²) in [5, 5.41) is 11.1. The SMILES string of the molecule is Cc1n[nH]c(C)c1CCC(=O)N1CCCC(Cc2nc(-c3ccccc3F)no2)C1. The van der Waals surface area contributed by atoms with E-state index in [1.54, 1.807) is 18.2 Å². The fourth-order valence-electron chi connectivity index (χ4n) is 4.13. The summed E-state index contributed by atoms with van der Waals surface area (Å²) in [5.74, 6) is 0.795. The van der Waals surface area contributed by atoms with Gasteiger partial charge in [0.15, 0.2) is 0 Å². The molecule has 0 aliphatic carbocycles. The molecule has 7 nitrogen and oxygen atoms in total. The summed E-state index contributed by atoms with van der Waals surface area (Å²) in [4.78, 5) is 19.0. The summed E-state index contributed by atoms with van der Waals surface area (Å²) in [7, 11) is 0. The Morgan fingerprint density at radius 1 is 1.33 bits per heavy atom. The van der Waals surface area contributed by atoms with E-state index in [2.05, 4.69) is 20.3 Å². The summed E-state index contributed by atoms with van der Waals surface area (Å²) >= 11 is 0. The highest BCUT2D eigenvalue weighted by molar-refractivity contribution is 5.76. The second-order valence-electron chi connectivity index (χ2n) is 7.96. The maximum Gasteiger partial charge on any atom is 0.227 e. The Hall–Kier alpha value is -3.03. The van der Waals surface area contributed by atoms with Crippen molar-refractivity contribution in [2.24, 2.45) is 5.92 Å². The van der Waals surface area contributed by atoms with Crippen LogP contribution in [0.15, 0.2) is 28.8 Å². The lowest BCUT2D eigenvalue weighted by Crippen LogP contribution is -2.40. The van der Waals surface area contributed by atoms with Crippen molar-refractivity contribution in [3.05, 3.63) is 52.9 Å². The highest BCUT2D eigenvalue weighted by Crippen LogP contribution is 2.24. The number of hydrogen-bond donors (Lipinski definition) is 1. The first kappa shape index (κ1) is 20.3. The van der Waals surface area contributed by atoms with Crippen molar-refractivity contribution in [2.45, 2.75) is 46.0 Å². The van der Waals surface area contributed by atoms with Crippen molar-refractivity contribution in [3.63, 3.8) is 0 Å². The van der Waals surface area contributed by atoms with Crippen LogP contribution >= 0.6 is 0 Å². The standard InChI is InChI=1S/C22H26FN5O2/c1-14-17(15(2)26-25-14)9-10-21(29)28-11-5-6-16(13-28)12-20-24-22(27-30-20)18-7-3-4-8-19(18)23/h3-4,7-8,16H,5-6,9-13H2,1-2H3,(H,25,26). The minimum absolute atomic E-state index is 0.164. The van der Waals surface area contributed by atoms with Crippen LogP contribution < -0.4 is 0 Å². The molecule has 1 aliphatic rings. The van der Waals surface area contributed by atoms with E-state index in [0.29, 0.717) is 37.3 Å². The predicted octanol–water partition coefficient (Wildman–Crippen LogP) is 3.63. The number of aryl methyl sites for hydroxylation is 2. The average Bonchev–Trinajstić information content (AvgIpc) is 3.33. The minimum atomic E-state index is -0.373. The molecule has 1 amide bonds. The monoisotopic (exact) mass is 411 g/mol. The van der Waals surface area contributed by atoms with Crippen LogP contribution in [0.1, 0.15) is 42.1 Å². The molecule has 0 bridgehead atoms. The van der Waals surface area contributed by atoms with Gasteiger partial charge in [-0.2, -0.15) is 10.1 Å². The average molecular weight is 411 g/mol. The molecule has 1 aromatic carbocycles. The Morgan fingerprint density at radius 3 is 2.93 bits per heavy atom. The lowest BCUT2D eigenvalue weighted by Gasteiger charge is -2.32. The second-order valence-corrected chi connectivity index (χ2v) is 7.96. The van der Waals surface area contributed by atoms with Crippen molar-refractivity contribution in [2.75, 3.05) is 13.1 Å². The number of carbonyl (C=O) groups is 1. The molecule has 4 rings (SSSR count). The van der Waals surface area contributed by atoms with Gasteiger partial charge in [0.1, 0.15) is 5.82 Å². The van der Waals surface area contributed by atoms with Crippen molar-refractivity contribution < 1.29 is 13.7 Å². The minimum Gasteiger partial charge on any atom is -0.342 e. The van der Waals surface area contributed by atoms with Crippen LogP contribution in [-0.2, 0) is 17.6 Å². The first-order chi connectivity index (χ1) is 14.5. The van der Waals surface area contributed by atoms with Crippen LogP contribution in [0.2, 0.25) is 0 Å². The number of nitrogens with zero attached hydrogens (tertiary/aromatic N) is 4. The molecule has 1 saturated heterocycles. The maximum atomic E-state index is 13.9. The Bertz CT molecular complexity index is 1010. The van der Waals surface area contributed by atoms with Gasteiger partial charge in [-0.05, 0) is 56.7 Å². The molecule has 0 saturated carbocycles. The lowest BCUT2D eigenvalue weighted by atomic mass is 9.94. The topological polar surface area (TPSA) is 87.9 Å².